The van der Waals surface area contributed by atoms with Crippen molar-refractivity contribution in [2.24, 2.45) is 0 Å². The van der Waals surface area contributed by atoms with Crippen LogP contribution in [0.2, 0.25) is 0 Å². The fourth-order valence-electron chi connectivity index (χ4n) is 1.38. The minimum atomic E-state index is 0.0367. The van der Waals surface area contributed by atoms with Gasteiger partial charge in [-0.05, 0) is 31.0 Å². The van der Waals surface area contributed by atoms with E-state index in [9.17, 15) is 4.79 Å². The molecule has 1 amide bonds. The van der Waals surface area contributed by atoms with Crippen molar-refractivity contribution in [3.05, 3.63) is 29.8 Å². The maximum absolute atomic E-state index is 11.6. The first-order valence-corrected chi connectivity index (χ1v) is 5.09. The van der Waals surface area contributed by atoms with Crippen LogP contribution in [0.25, 0.3) is 0 Å². The second-order valence-electron chi connectivity index (χ2n) is 3.62. The van der Waals surface area contributed by atoms with Crippen LogP contribution in [0.1, 0.15) is 18.4 Å². The predicted molar refractivity (Wildman–Crippen MR) is 60.9 cm³/mol. The maximum atomic E-state index is 11.6. The lowest BCUT2D eigenvalue weighted by Crippen LogP contribution is -2.26. The monoisotopic (exact) mass is 207 g/mol. The molecule has 3 heteroatoms. The zero-order valence-corrected chi connectivity index (χ0v) is 9.23. The highest BCUT2D eigenvalue weighted by Crippen LogP contribution is 2.15. The first-order chi connectivity index (χ1) is 7.15. The van der Waals surface area contributed by atoms with Crippen LogP contribution in [-0.4, -0.2) is 24.7 Å². The number of aliphatic hydroxyl groups is 1. The molecule has 0 aromatic heterocycles. The van der Waals surface area contributed by atoms with Gasteiger partial charge in [0, 0.05) is 25.8 Å². The molecule has 0 fully saturated rings. The molecule has 0 aliphatic heterocycles. The molecule has 3 nitrogen and oxygen atoms in total. The van der Waals surface area contributed by atoms with E-state index >= 15 is 0 Å². The van der Waals surface area contributed by atoms with Crippen LogP contribution in [0, 0.1) is 6.92 Å². The van der Waals surface area contributed by atoms with Gasteiger partial charge in [-0.3, -0.25) is 4.79 Å². The van der Waals surface area contributed by atoms with E-state index in [2.05, 4.69) is 0 Å². The van der Waals surface area contributed by atoms with Crippen molar-refractivity contribution in [1.82, 2.24) is 0 Å². The molecule has 0 spiro atoms. The molecule has 1 aromatic rings. The van der Waals surface area contributed by atoms with E-state index in [0.717, 1.165) is 11.3 Å². The number of benzene rings is 1. The van der Waals surface area contributed by atoms with Crippen molar-refractivity contribution in [2.45, 2.75) is 19.8 Å². The van der Waals surface area contributed by atoms with Crippen molar-refractivity contribution in [3.8, 4) is 0 Å². The third-order valence-corrected chi connectivity index (χ3v) is 2.31. The summed E-state index contributed by atoms with van der Waals surface area (Å²) in [5, 5.41) is 8.64. The number of rotatable bonds is 4. The second-order valence-corrected chi connectivity index (χ2v) is 3.62. The van der Waals surface area contributed by atoms with Gasteiger partial charge in [0.25, 0.3) is 0 Å². The van der Waals surface area contributed by atoms with E-state index in [1.165, 1.54) is 0 Å². The average molecular weight is 207 g/mol. The quantitative estimate of drug-likeness (QED) is 0.816. The van der Waals surface area contributed by atoms with Gasteiger partial charge in [-0.25, -0.2) is 0 Å². The Morgan fingerprint density at radius 2 is 2.20 bits per heavy atom. The molecule has 82 valence electrons. The number of anilines is 1. The lowest BCUT2D eigenvalue weighted by Gasteiger charge is -2.17. The molecule has 0 aliphatic carbocycles. The highest BCUT2D eigenvalue weighted by Gasteiger charge is 2.09. The van der Waals surface area contributed by atoms with Gasteiger partial charge in [-0.2, -0.15) is 0 Å². The van der Waals surface area contributed by atoms with Crippen LogP contribution in [0.5, 0.6) is 0 Å². The van der Waals surface area contributed by atoms with E-state index in [1.54, 1.807) is 11.9 Å². The van der Waals surface area contributed by atoms with Gasteiger partial charge in [-0.1, -0.05) is 12.1 Å². The normalized spacial score (nSPS) is 10.1. The first kappa shape index (κ1) is 11.7. The predicted octanol–water partition coefficient (Wildman–Crippen LogP) is 1.73. The molecule has 0 heterocycles. The van der Waals surface area contributed by atoms with E-state index in [1.807, 2.05) is 31.2 Å². The number of carbonyl (C=O) groups is 1. The number of hydrogen-bond donors (Lipinski definition) is 1. The zero-order chi connectivity index (χ0) is 11.3. The molecular formula is C12H17NO2. The fourth-order valence-corrected chi connectivity index (χ4v) is 1.38. The number of hydrogen-bond acceptors (Lipinski definition) is 2. The molecule has 0 atom stereocenters. The zero-order valence-electron chi connectivity index (χ0n) is 9.23. The van der Waals surface area contributed by atoms with Gasteiger partial charge >= 0.3 is 0 Å². The Bertz CT molecular complexity index is 336. The van der Waals surface area contributed by atoms with Crippen molar-refractivity contribution in [3.63, 3.8) is 0 Å². The summed E-state index contributed by atoms with van der Waals surface area (Å²) in [5.74, 6) is 0.0367. The summed E-state index contributed by atoms with van der Waals surface area (Å²) in [6, 6.07) is 7.80. The molecule has 15 heavy (non-hydrogen) atoms. The number of nitrogens with zero attached hydrogens (tertiary/aromatic N) is 1. The average Bonchev–Trinajstić information content (AvgIpc) is 2.24. The van der Waals surface area contributed by atoms with Gasteiger partial charge in [0.15, 0.2) is 0 Å². The molecule has 0 saturated heterocycles. The number of carbonyl (C=O) groups excluding carboxylic acids is 1. The summed E-state index contributed by atoms with van der Waals surface area (Å²) in [5.41, 5.74) is 2.03. The summed E-state index contributed by atoms with van der Waals surface area (Å²) in [6.45, 7) is 2.06. The standard InChI is InChI=1S/C12H17NO2/c1-10-5-3-6-11(9-10)13(2)12(15)7-4-8-14/h3,5-6,9,14H,4,7-8H2,1-2H3. The van der Waals surface area contributed by atoms with E-state index in [4.69, 9.17) is 5.11 Å². The molecule has 0 aliphatic rings. The van der Waals surface area contributed by atoms with E-state index < -0.39 is 0 Å². The molecule has 0 saturated carbocycles. The summed E-state index contributed by atoms with van der Waals surface area (Å²) >= 11 is 0. The largest absolute Gasteiger partial charge is 0.396 e. The van der Waals surface area contributed by atoms with Crippen LogP contribution >= 0.6 is 0 Å². The van der Waals surface area contributed by atoms with E-state index in [0.29, 0.717) is 12.8 Å². The smallest absolute Gasteiger partial charge is 0.226 e. The SMILES string of the molecule is Cc1cccc(N(C)C(=O)CCCO)c1. The molecule has 1 aromatic carbocycles. The summed E-state index contributed by atoms with van der Waals surface area (Å²) in [7, 11) is 1.76. The Hall–Kier alpha value is -1.35. The highest BCUT2D eigenvalue weighted by atomic mass is 16.3. The van der Waals surface area contributed by atoms with Crippen molar-refractivity contribution in [2.75, 3.05) is 18.6 Å². The first-order valence-electron chi connectivity index (χ1n) is 5.09. The Labute approximate surface area is 90.3 Å². The van der Waals surface area contributed by atoms with Crippen LogP contribution in [0.15, 0.2) is 24.3 Å². The van der Waals surface area contributed by atoms with Crippen LogP contribution in [0.4, 0.5) is 5.69 Å². The maximum Gasteiger partial charge on any atom is 0.226 e. The Morgan fingerprint density at radius 3 is 2.80 bits per heavy atom. The molecule has 0 bridgehead atoms. The number of aryl methyl sites for hydroxylation is 1. The Morgan fingerprint density at radius 1 is 1.47 bits per heavy atom. The highest BCUT2D eigenvalue weighted by molar-refractivity contribution is 5.92. The third kappa shape index (κ3) is 3.36. The number of amides is 1. The Balaban J connectivity index is 2.67. The molecule has 0 unspecified atom stereocenters. The molecule has 1 N–H and O–H groups in total. The Kier molecular flexibility index (Phi) is 4.31. The third-order valence-electron chi connectivity index (χ3n) is 2.31. The minimum absolute atomic E-state index is 0.0367. The fraction of sp³-hybridized carbons (Fsp3) is 0.417. The van der Waals surface area contributed by atoms with Gasteiger partial charge in [-0.15, -0.1) is 0 Å². The molecular weight excluding hydrogens is 190 g/mol. The molecule has 1 rings (SSSR count). The number of aliphatic hydroxyl groups excluding tert-OH is 1. The van der Waals surface area contributed by atoms with Crippen LogP contribution in [-0.2, 0) is 4.79 Å². The summed E-state index contributed by atoms with van der Waals surface area (Å²) in [4.78, 5) is 13.3. The van der Waals surface area contributed by atoms with E-state index in [-0.39, 0.29) is 12.5 Å². The van der Waals surface area contributed by atoms with Crippen LogP contribution in [0.3, 0.4) is 0 Å². The van der Waals surface area contributed by atoms with Crippen molar-refractivity contribution >= 4 is 11.6 Å². The molecule has 0 radical (unpaired) electrons. The minimum Gasteiger partial charge on any atom is -0.396 e. The van der Waals surface area contributed by atoms with Gasteiger partial charge in [0.2, 0.25) is 5.91 Å². The van der Waals surface area contributed by atoms with Gasteiger partial charge in [0.1, 0.15) is 0 Å². The van der Waals surface area contributed by atoms with Crippen molar-refractivity contribution in [1.29, 1.82) is 0 Å². The lowest BCUT2D eigenvalue weighted by atomic mass is 10.2. The van der Waals surface area contributed by atoms with Gasteiger partial charge < -0.3 is 10.0 Å². The topological polar surface area (TPSA) is 40.5 Å². The summed E-state index contributed by atoms with van der Waals surface area (Å²) in [6.07, 6.45) is 0.913. The summed E-state index contributed by atoms with van der Waals surface area (Å²) < 4.78 is 0. The second kappa shape index (κ2) is 5.51. The lowest BCUT2D eigenvalue weighted by molar-refractivity contribution is -0.118. The van der Waals surface area contributed by atoms with Crippen LogP contribution < -0.4 is 4.90 Å². The van der Waals surface area contributed by atoms with Gasteiger partial charge in [0.05, 0.1) is 0 Å². The van der Waals surface area contributed by atoms with Crippen molar-refractivity contribution < 1.29 is 9.90 Å².